The maximum absolute atomic E-state index is 9.64. The first kappa shape index (κ1) is 8.13. The third kappa shape index (κ3) is 1.17. The van der Waals surface area contributed by atoms with E-state index in [0.717, 1.165) is 10.9 Å². The highest BCUT2D eigenvalue weighted by molar-refractivity contribution is 5.85. The molecule has 0 unspecified atom stereocenters. The molecule has 2 aromatic rings. The number of aromatic hydroxyl groups is 1. The Morgan fingerprint density at radius 2 is 2.23 bits per heavy atom. The van der Waals surface area contributed by atoms with Crippen molar-refractivity contribution in [2.24, 2.45) is 5.73 Å². The average Bonchev–Trinajstić information content (AvgIpc) is 2.44. The van der Waals surface area contributed by atoms with E-state index < -0.39 is 0 Å². The van der Waals surface area contributed by atoms with Crippen LogP contribution in [0.25, 0.3) is 11.0 Å². The van der Waals surface area contributed by atoms with E-state index in [2.05, 4.69) is 0 Å². The van der Waals surface area contributed by atoms with Gasteiger partial charge in [-0.2, -0.15) is 0 Å². The van der Waals surface area contributed by atoms with Crippen molar-refractivity contribution in [3.8, 4) is 5.75 Å². The van der Waals surface area contributed by atoms with E-state index in [1.54, 1.807) is 0 Å². The van der Waals surface area contributed by atoms with Crippen molar-refractivity contribution in [2.45, 2.75) is 13.5 Å². The van der Waals surface area contributed by atoms with E-state index >= 15 is 0 Å². The van der Waals surface area contributed by atoms with Crippen molar-refractivity contribution in [1.82, 2.24) is 0 Å². The third-order valence-electron chi connectivity index (χ3n) is 2.07. The van der Waals surface area contributed by atoms with E-state index in [-0.39, 0.29) is 12.3 Å². The van der Waals surface area contributed by atoms with Crippen LogP contribution in [0.5, 0.6) is 5.75 Å². The number of rotatable bonds is 1. The number of hydrogen-bond acceptors (Lipinski definition) is 3. The van der Waals surface area contributed by atoms with Gasteiger partial charge in [-0.25, -0.2) is 0 Å². The Kier molecular flexibility index (Phi) is 1.74. The summed E-state index contributed by atoms with van der Waals surface area (Å²) in [5.74, 6) is 0.613. The number of fused-ring (bicyclic) bond motifs is 1. The third-order valence-corrected chi connectivity index (χ3v) is 2.07. The molecule has 0 aliphatic heterocycles. The van der Waals surface area contributed by atoms with Crippen LogP contribution in [0.4, 0.5) is 0 Å². The summed E-state index contributed by atoms with van der Waals surface area (Å²) in [6.45, 7) is 2.19. The second-order valence-corrected chi connectivity index (χ2v) is 3.08. The molecule has 68 valence electrons. The molecule has 2 rings (SSSR count). The Morgan fingerprint density at radius 1 is 1.46 bits per heavy atom. The minimum absolute atomic E-state index is 0.168. The van der Waals surface area contributed by atoms with Crippen LogP contribution >= 0.6 is 0 Å². The van der Waals surface area contributed by atoms with Crippen molar-refractivity contribution in [3.05, 3.63) is 29.5 Å². The van der Waals surface area contributed by atoms with E-state index in [4.69, 9.17) is 10.2 Å². The highest BCUT2D eigenvalue weighted by atomic mass is 16.4. The number of nitrogens with two attached hydrogens (primary N) is 1. The topological polar surface area (TPSA) is 59.4 Å². The molecule has 1 aromatic carbocycles. The molecule has 3 nitrogen and oxygen atoms in total. The molecule has 0 spiro atoms. The van der Waals surface area contributed by atoms with Crippen LogP contribution in [-0.2, 0) is 6.54 Å². The van der Waals surface area contributed by atoms with Gasteiger partial charge in [-0.1, -0.05) is 11.6 Å². The Labute approximate surface area is 75.8 Å². The molecule has 0 fully saturated rings. The van der Waals surface area contributed by atoms with Crippen LogP contribution in [0.2, 0.25) is 0 Å². The summed E-state index contributed by atoms with van der Waals surface area (Å²) in [6, 6.07) is 5.66. The average molecular weight is 177 g/mol. The molecule has 1 aromatic heterocycles. The molecule has 0 bridgehead atoms. The molecule has 3 heteroatoms. The molecule has 0 aliphatic carbocycles. The SMILES string of the molecule is Cc1ccc2oc(CN)c(O)c2c1. The Morgan fingerprint density at radius 3 is 2.92 bits per heavy atom. The summed E-state index contributed by atoms with van der Waals surface area (Å²) in [6.07, 6.45) is 0. The zero-order valence-electron chi connectivity index (χ0n) is 7.37. The molecular weight excluding hydrogens is 166 g/mol. The van der Waals surface area contributed by atoms with Gasteiger partial charge in [0.15, 0.2) is 11.5 Å². The van der Waals surface area contributed by atoms with Gasteiger partial charge in [0.05, 0.1) is 11.9 Å². The zero-order chi connectivity index (χ0) is 9.42. The fraction of sp³-hybridized carbons (Fsp3) is 0.200. The normalized spacial score (nSPS) is 10.9. The summed E-state index contributed by atoms with van der Waals surface area (Å²) >= 11 is 0. The van der Waals surface area contributed by atoms with Gasteiger partial charge >= 0.3 is 0 Å². The van der Waals surface area contributed by atoms with E-state index in [0.29, 0.717) is 11.3 Å². The lowest BCUT2D eigenvalue weighted by atomic mass is 10.2. The van der Waals surface area contributed by atoms with E-state index in [1.165, 1.54) is 0 Å². The quantitative estimate of drug-likeness (QED) is 0.699. The predicted octanol–water partition coefficient (Wildman–Crippen LogP) is 1.91. The number of hydrogen-bond donors (Lipinski definition) is 2. The monoisotopic (exact) mass is 177 g/mol. The molecule has 1 heterocycles. The van der Waals surface area contributed by atoms with Gasteiger partial charge in [0.2, 0.25) is 0 Å². The first-order chi connectivity index (χ1) is 6.22. The largest absolute Gasteiger partial charge is 0.504 e. The van der Waals surface area contributed by atoms with Gasteiger partial charge in [-0.3, -0.25) is 0 Å². The van der Waals surface area contributed by atoms with Crippen LogP contribution in [0.15, 0.2) is 22.6 Å². The molecule has 0 saturated carbocycles. The fourth-order valence-electron chi connectivity index (χ4n) is 1.39. The molecule has 0 radical (unpaired) electrons. The lowest BCUT2D eigenvalue weighted by Crippen LogP contribution is -1.93. The van der Waals surface area contributed by atoms with Crippen molar-refractivity contribution in [1.29, 1.82) is 0 Å². The van der Waals surface area contributed by atoms with Crippen LogP contribution in [0.1, 0.15) is 11.3 Å². The first-order valence-corrected chi connectivity index (χ1v) is 4.13. The summed E-state index contributed by atoms with van der Waals surface area (Å²) in [7, 11) is 0. The van der Waals surface area contributed by atoms with Crippen molar-refractivity contribution in [3.63, 3.8) is 0 Å². The Bertz CT molecular complexity index is 445. The summed E-state index contributed by atoms with van der Waals surface area (Å²) in [5, 5.41) is 10.4. The zero-order valence-corrected chi connectivity index (χ0v) is 7.37. The minimum Gasteiger partial charge on any atom is -0.504 e. The number of benzene rings is 1. The fourth-order valence-corrected chi connectivity index (χ4v) is 1.39. The second-order valence-electron chi connectivity index (χ2n) is 3.08. The number of furan rings is 1. The molecule has 0 aliphatic rings. The van der Waals surface area contributed by atoms with Crippen LogP contribution in [0.3, 0.4) is 0 Å². The van der Waals surface area contributed by atoms with E-state index in [1.807, 2.05) is 25.1 Å². The van der Waals surface area contributed by atoms with Gasteiger partial charge in [-0.05, 0) is 19.1 Å². The van der Waals surface area contributed by atoms with E-state index in [9.17, 15) is 5.11 Å². The maximum Gasteiger partial charge on any atom is 0.166 e. The standard InChI is InChI=1S/C10H11NO2/c1-6-2-3-8-7(4-6)10(12)9(5-11)13-8/h2-4,12H,5,11H2,1H3. The Hall–Kier alpha value is -1.48. The molecule has 0 atom stereocenters. The molecular formula is C10H11NO2. The van der Waals surface area contributed by atoms with Gasteiger partial charge < -0.3 is 15.3 Å². The van der Waals surface area contributed by atoms with Crippen LogP contribution in [0, 0.1) is 6.92 Å². The molecule has 0 saturated heterocycles. The first-order valence-electron chi connectivity index (χ1n) is 4.13. The van der Waals surface area contributed by atoms with Crippen LogP contribution < -0.4 is 5.73 Å². The smallest absolute Gasteiger partial charge is 0.166 e. The number of aryl methyl sites for hydroxylation is 1. The van der Waals surface area contributed by atoms with Gasteiger partial charge in [-0.15, -0.1) is 0 Å². The van der Waals surface area contributed by atoms with Gasteiger partial charge in [0.25, 0.3) is 0 Å². The minimum atomic E-state index is 0.168. The van der Waals surface area contributed by atoms with Crippen molar-refractivity contribution in [2.75, 3.05) is 0 Å². The molecule has 0 amide bonds. The van der Waals surface area contributed by atoms with Gasteiger partial charge in [0, 0.05) is 0 Å². The lowest BCUT2D eigenvalue weighted by Gasteiger charge is -1.91. The molecule has 13 heavy (non-hydrogen) atoms. The highest BCUT2D eigenvalue weighted by Crippen LogP contribution is 2.31. The summed E-state index contributed by atoms with van der Waals surface area (Å²) in [5.41, 5.74) is 7.17. The van der Waals surface area contributed by atoms with Crippen LogP contribution in [-0.4, -0.2) is 5.11 Å². The van der Waals surface area contributed by atoms with Crippen molar-refractivity contribution < 1.29 is 9.52 Å². The summed E-state index contributed by atoms with van der Waals surface area (Å²) in [4.78, 5) is 0. The summed E-state index contributed by atoms with van der Waals surface area (Å²) < 4.78 is 5.33. The Balaban J connectivity index is 2.77. The molecule has 3 N–H and O–H groups in total. The maximum atomic E-state index is 9.64. The lowest BCUT2D eigenvalue weighted by molar-refractivity contribution is 0.442. The van der Waals surface area contributed by atoms with Crippen molar-refractivity contribution >= 4 is 11.0 Å². The van der Waals surface area contributed by atoms with Gasteiger partial charge in [0.1, 0.15) is 5.58 Å². The second kappa shape index (κ2) is 2.78. The highest BCUT2D eigenvalue weighted by Gasteiger charge is 2.10. The predicted molar refractivity (Wildman–Crippen MR) is 50.5 cm³/mol.